The summed E-state index contributed by atoms with van der Waals surface area (Å²) in [5, 5.41) is 15.7. The quantitative estimate of drug-likeness (QED) is 0.543. The molecule has 3 nitrogen and oxygen atoms in total. The predicted molar refractivity (Wildman–Crippen MR) is 39.8 cm³/mol. The van der Waals surface area contributed by atoms with Crippen molar-refractivity contribution in [3.8, 4) is 0 Å². The third-order valence-corrected chi connectivity index (χ3v) is 0.742. The van der Waals surface area contributed by atoms with Crippen LogP contribution in [0.15, 0.2) is 11.6 Å². The van der Waals surface area contributed by atoms with Crippen LogP contribution in [-0.4, -0.2) is 22.8 Å². The Morgan fingerprint density at radius 3 is 1.80 bits per heavy atom. The van der Waals surface area contributed by atoms with Crippen molar-refractivity contribution in [2.45, 2.75) is 20.8 Å². The van der Waals surface area contributed by atoms with Gasteiger partial charge in [-0.05, 0) is 13.8 Å². The monoisotopic (exact) mass is 146 g/mol. The number of aliphatic hydroxyl groups is 1. The van der Waals surface area contributed by atoms with E-state index in [-0.39, 0.29) is 6.61 Å². The SMILES string of the molecule is C/C=C(\C)CO.CC(=O)O. The third kappa shape index (κ3) is 27.2. The van der Waals surface area contributed by atoms with Gasteiger partial charge in [0.05, 0.1) is 6.61 Å². The highest BCUT2D eigenvalue weighted by molar-refractivity contribution is 5.62. The highest BCUT2D eigenvalue weighted by atomic mass is 16.4. The molecule has 0 aliphatic rings. The standard InChI is InChI=1S/C5H10O.C2H4O2/c1-3-5(2)4-6;1-2(3)4/h3,6H,4H2,1-2H3;1H3,(H,3,4)/b5-3+;. The van der Waals surface area contributed by atoms with Gasteiger partial charge in [-0.3, -0.25) is 4.79 Å². The van der Waals surface area contributed by atoms with Gasteiger partial charge in [-0.1, -0.05) is 11.6 Å². The fraction of sp³-hybridized carbons (Fsp3) is 0.571. The lowest BCUT2D eigenvalue weighted by atomic mass is 10.3. The predicted octanol–water partition coefficient (Wildman–Crippen LogP) is 1.04. The van der Waals surface area contributed by atoms with Crippen LogP contribution in [0.1, 0.15) is 20.8 Å². The van der Waals surface area contributed by atoms with E-state index < -0.39 is 5.97 Å². The lowest BCUT2D eigenvalue weighted by Gasteiger charge is -1.84. The Labute approximate surface area is 61.0 Å². The number of aliphatic hydroxyl groups excluding tert-OH is 1. The van der Waals surface area contributed by atoms with Crippen molar-refractivity contribution >= 4 is 5.97 Å². The first-order valence-corrected chi connectivity index (χ1v) is 2.96. The molecule has 0 aliphatic heterocycles. The molecule has 0 bridgehead atoms. The molecule has 0 aromatic carbocycles. The van der Waals surface area contributed by atoms with Crippen LogP contribution in [0.4, 0.5) is 0 Å². The summed E-state index contributed by atoms with van der Waals surface area (Å²) in [6.45, 7) is 5.07. The van der Waals surface area contributed by atoms with Crippen LogP contribution in [0.25, 0.3) is 0 Å². The van der Waals surface area contributed by atoms with Crippen LogP contribution in [0, 0.1) is 0 Å². The highest BCUT2D eigenvalue weighted by Crippen LogP contribution is 1.84. The molecule has 0 unspecified atom stereocenters. The van der Waals surface area contributed by atoms with Gasteiger partial charge in [0.2, 0.25) is 0 Å². The van der Waals surface area contributed by atoms with E-state index in [1.54, 1.807) is 0 Å². The second-order valence-electron chi connectivity index (χ2n) is 1.81. The molecule has 0 atom stereocenters. The second kappa shape index (κ2) is 8.17. The number of carboxylic acids is 1. The zero-order valence-electron chi connectivity index (χ0n) is 6.59. The summed E-state index contributed by atoms with van der Waals surface area (Å²) in [7, 11) is 0. The Bertz CT molecular complexity index is 112. The molecule has 0 heterocycles. The van der Waals surface area contributed by atoms with Crippen LogP contribution in [0.3, 0.4) is 0 Å². The molecule has 0 aromatic heterocycles. The number of carbonyl (C=O) groups is 1. The Morgan fingerprint density at radius 1 is 1.50 bits per heavy atom. The summed E-state index contributed by atoms with van der Waals surface area (Å²) >= 11 is 0. The van der Waals surface area contributed by atoms with Crippen LogP contribution in [0.5, 0.6) is 0 Å². The van der Waals surface area contributed by atoms with Gasteiger partial charge in [0.15, 0.2) is 0 Å². The lowest BCUT2D eigenvalue weighted by molar-refractivity contribution is -0.134. The topological polar surface area (TPSA) is 57.5 Å². The van der Waals surface area contributed by atoms with Crippen molar-refractivity contribution in [1.82, 2.24) is 0 Å². The average Bonchev–Trinajstić information content (AvgIpc) is 1.85. The molecule has 0 aliphatic carbocycles. The van der Waals surface area contributed by atoms with E-state index >= 15 is 0 Å². The number of hydrogen-bond acceptors (Lipinski definition) is 2. The van der Waals surface area contributed by atoms with Crippen molar-refractivity contribution in [3.05, 3.63) is 11.6 Å². The van der Waals surface area contributed by atoms with Gasteiger partial charge in [-0.15, -0.1) is 0 Å². The normalized spacial score (nSPS) is 9.80. The number of aliphatic carboxylic acids is 1. The van der Waals surface area contributed by atoms with Gasteiger partial charge in [0.1, 0.15) is 0 Å². The summed E-state index contributed by atoms with van der Waals surface area (Å²) in [6, 6.07) is 0. The Balaban J connectivity index is 0. The number of allylic oxidation sites excluding steroid dienone is 1. The molecule has 0 fully saturated rings. The largest absolute Gasteiger partial charge is 0.481 e. The minimum Gasteiger partial charge on any atom is -0.481 e. The molecule has 10 heavy (non-hydrogen) atoms. The molecular weight excluding hydrogens is 132 g/mol. The fourth-order valence-corrected chi connectivity index (χ4v) is 0.0913. The minimum absolute atomic E-state index is 0.191. The van der Waals surface area contributed by atoms with Gasteiger partial charge >= 0.3 is 0 Å². The molecular formula is C7H14O3. The van der Waals surface area contributed by atoms with E-state index in [0.29, 0.717) is 0 Å². The Kier molecular flexibility index (Phi) is 9.73. The first-order valence-electron chi connectivity index (χ1n) is 2.96. The van der Waals surface area contributed by atoms with Crippen molar-refractivity contribution in [2.24, 2.45) is 0 Å². The minimum atomic E-state index is -0.833. The number of carboxylic acid groups (broad SMARTS) is 1. The molecule has 2 N–H and O–H groups in total. The molecule has 60 valence electrons. The molecule has 0 spiro atoms. The maximum atomic E-state index is 9.00. The molecule has 3 heteroatoms. The number of rotatable bonds is 1. The third-order valence-electron chi connectivity index (χ3n) is 0.742. The zero-order chi connectivity index (χ0) is 8.57. The van der Waals surface area contributed by atoms with Crippen molar-refractivity contribution in [1.29, 1.82) is 0 Å². The van der Waals surface area contributed by atoms with E-state index in [4.69, 9.17) is 15.0 Å². The van der Waals surface area contributed by atoms with Gasteiger partial charge in [-0.2, -0.15) is 0 Å². The van der Waals surface area contributed by atoms with E-state index in [1.807, 2.05) is 19.9 Å². The summed E-state index contributed by atoms with van der Waals surface area (Å²) < 4.78 is 0. The Morgan fingerprint density at radius 2 is 1.80 bits per heavy atom. The van der Waals surface area contributed by atoms with Crippen LogP contribution in [-0.2, 0) is 4.79 Å². The molecule has 0 rings (SSSR count). The van der Waals surface area contributed by atoms with Gasteiger partial charge in [0, 0.05) is 6.92 Å². The van der Waals surface area contributed by atoms with Crippen LogP contribution in [0.2, 0.25) is 0 Å². The molecule has 0 amide bonds. The zero-order valence-corrected chi connectivity index (χ0v) is 6.59. The average molecular weight is 146 g/mol. The van der Waals surface area contributed by atoms with Crippen LogP contribution >= 0.6 is 0 Å². The molecule has 0 radical (unpaired) electrons. The maximum absolute atomic E-state index is 9.00. The molecule has 0 saturated carbocycles. The first-order chi connectivity index (χ1) is 4.54. The van der Waals surface area contributed by atoms with E-state index in [2.05, 4.69) is 0 Å². The first kappa shape index (κ1) is 11.9. The van der Waals surface area contributed by atoms with Crippen molar-refractivity contribution in [2.75, 3.05) is 6.61 Å². The van der Waals surface area contributed by atoms with E-state index in [0.717, 1.165) is 12.5 Å². The number of hydrogen-bond donors (Lipinski definition) is 2. The highest BCUT2D eigenvalue weighted by Gasteiger charge is 1.74. The summed E-state index contributed by atoms with van der Waals surface area (Å²) in [6.07, 6.45) is 1.89. The van der Waals surface area contributed by atoms with Crippen LogP contribution < -0.4 is 0 Å². The van der Waals surface area contributed by atoms with E-state index in [1.165, 1.54) is 0 Å². The summed E-state index contributed by atoms with van der Waals surface area (Å²) in [5.41, 5.74) is 1.02. The van der Waals surface area contributed by atoms with Crippen molar-refractivity contribution < 1.29 is 15.0 Å². The Hall–Kier alpha value is -0.830. The maximum Gasteiger partial charge on any atom is 0.300 e. The second-order valence-corrected chi connectivity index (χ2v) is 1.81. The van der Waals surface area contributed by atoms with E-state index in [9.17, 15) is 0 Å². The molecule has 0 saturated heterocycles. The summed E-state index contributed by atoms with van der Waals surface area (Å²) in [5.74, 6) is -0.833. The smallest absolute Gasteiger partial charge is 0.300 e. The summed E-state index contributed by atoms with van der Waals surface area (Å²) in [4.78, 5) is 9.00. The fourth-order valence-electron chi connectivity index (χ4n) is 0.0913. The van der Waals surface area contributed by atoms with Gasteiger partial charge in [-0.25, -0.2) is 0 Å². The van der Waals surface area contributed by atoms with Gasteiger partial charge < -0.3 is 10.2 Å². The van der Waals surface area contributed by atoms with Crippen molar-refractivity contribution in [3.63, 3.8) is 0 Å². The van der Waals surface area contributed by atoms with Gasteiger partial charge in [0.25, 0.3) is 5.97 Å². The molecule has 0 aromatic rings. The lowest BCUT2D eigenvalue weighted by Crippen LogP contribution is -1.79.